The molecule has 2 atom stereocenters. The molecular weight excluding hydrogens is 122 g/mol. The molecule has 0 unspecified atom stereocenters. The Labute approximate surface area is 66.5 Å². The maximum absolute atomic E-state index is 5.79. The molecule has 2 N–H and O–H groups in total. The Morgan fingerprint density at radius 2 is 2.00 bits per heavy atom. The van der Waals surface area contributed by atoms with E-state index < -0.39 is 0 Å². The van der Waals surface area contributed by atoms with E-state index in [1.54, 1.807) is 0 Å². The van der Waals surface area contributed by atoms with Gasteiger partial charge in [-0.3, -0.25) is 0 Å². The second kappa shape index (κ2) is 5.72. The fourth-order valence-electron chi connectivity index (χ4n) is 1.57. The summed E-state index contributed by atoms with van der Waals surface area (Å²) in [6.07, 6.45) is 5.27. The predicted molar refractivity (Wildman–Crippen MR) is 49.1 cm³/mol. The number of nitrogens with two attached hydrogens (primary N) is 1. The van der Waals surface area contributed by atoms with Gasteiger partial charge in [0.25, 0.3) is 0 Å². The molecule has 0 heterocycles. The lowest BCUT2D eigenvalue weighted by Crippen LogP contribution is -2.23. The van der Waals surface area contributed by atoms with Crippen LogP contribution in [0.2, 0.25) is 0 Å². The van der Waals surface area contributed by atoms with Gasteiger partial charge in [-0.1, -0.05) is 33.6 Å². The van der Waals surface area contributed by atoms with Crippen LogP contribution in [0, 0.1) is 5.92 Å². The molecule has 0 spiro atoms. The van der Waals surface area contributed by atoms with Crippen LogP contribution in [-0.4, -0.2) is 6.04 Å². The molecule has 0 aliphatic heterocycles. The van der Waals surface area contributed by atoms with Gasteiger partial charge in [0.1, 0.15) is 0 Å². The third-order valence-corrected chi connectivity index (χ3v) is 2.24. The molecule has 1 rings (SSSR count). The maximum atomic E-state index is 5.79. The van der Waals surface area contributed by atoms with E-state index in [1.165, 1.54) is 25.7 Å². The van der Waals surface area contributed by atoms with Gasteiger partial charge in [0.05, 0.1) is 0 Å². The first-order valence-electron chi connectivity index (χ1n) is 4.60. The summed E-state index contributed by atoms with van der Waals surface area (Å²) in [7, 11) is 0. The van der Waals surface area contributed by atoms with E-state index in [9.17, 15) is 0 Å². The molecule has 0 aromatic carbocycles. The van der Waals surface area contributed by atoms with Crippen molar-refractivity contribution in [1.29, 1.82) is 0 Å². The van der Waals surface area contributed by atoms with E-state index >= 15 is 0 Å². The second-order valence-corrected chi connectivity index (χ2v) is 2.76. The van der Waals surface area contributed by atoms with E-state index in [4.69, 9.17) is 5.73 Å². The summed E-state index contributed by atoms with van der Waals surface area (Å²) >= 11 is 0. The summed E-state index contributed by atoms with van der Waals surface area (Å²) in [4.78, 5) is 0. The zero-order valence-corrected chi connectivity index (χ0v) is 7.56. The average molecular weight is 145 g/mol. The van der Waals surface area contributed by atoms with Gasteiger partial charge < -0.3 is 5.73 Å². The zero-order valence-electron chi connectivity index (χ0n) is 7.56. The normalized spacial score (nSPS) is 31.2. The van der Waals surface area contributed by atoms with Crippen LogP contribution in [0.1, 0.15) is 47.9 Å². The fraction of sp³-hybridized carbons (Fsp3) is 1.00. The zero-order chi connectivity index (χ0) is 7.98. The van der Waals surface area contributed by atoms with Gasteiger partial charge in [-0.2, -0.15) is 0 Å². The molecule has 0 amide bonds. The first-order chi connectivity index (χ1) is 4.84. The minimum absolute atomic E-state index is 0. The molecule has 1 fully saturated rings. The summed E-state index contributed by atoms with van der Waals surface area (Å²) in [5, 5.41) is 0. The average Bonchev–Trinajstić information content (AvgIpc) is 2.39. The first-order valence-corrected chi connectivity index (χ1v) is 4.60. The minimum atomic E-state index is 0. The fourth-order valence-corrected chi connectivity index (χ4v) is 1.57. The van der Waals surface area contributed by atoms with E-state index in [0.29, 0.717) is 6.04 Å². The van der Waals surface area contributed by atoms with E-state index in [2.05, 4.69) is 6.92 Å². The van der Waals surface area contributed by atoms with Gasteiger partial charge in [0, 0.05) is 7.47 Å². The highest BCUT2D eigenvalue weighted by molar-refractivity contribution is 4.78. The lowest BCUT2D eigenvalue weighted by Gasteiger charge is -2.10. The Kier molecular flexibility index (Phi) is 5.70. The molecule has 0 aromatic rings. The molecule has 64 valence electrons. The quantitative estimate of drug-likeness (QED) is 0.603. The van der Waals surface area contributed by atoms with Gasteiger partial charge in [-0.15, -0.1) is 0 Å². The lowest BCUT2D eigenvalue weighted by atomic mass is 10.0. The van der Waals surface area contributed by atoms with Crippen molar-refractivity contribution in [2.45, 2.75) is 52.5 Å². The second-order valence-electron chi connectivity index (χ2n) is 2.76. The SMILES string of the molecule is CC.CC[C@@H]1CCC[C@H]1N.[HH]. The smallest absolute Gasteiger partial charge is 0.00670 e. The molecular formula is C9H23N. The monoisotopic (exact) mass is 145 g/mol. The van der Waals surface area contributed by atoms with Crippen molar-refractivity contribution in [1.82, 2.24) is 0 Å². The van der Waals surface area contributed by atoms with Gasteiger partial charge in [0.2, 0.25) is 0 Å². The molecule has 0 saturated heterocycles. The maximum Gasteiger partial charge on any atom is 0.00670 e. The van der Waals surface area contributed by atoms with Crippen LogP contribution < -0.4 is 5.73 Å². The van der Waals surface area contributed by atoms with Gasteiger partial charge in [-0.25, -0.2) is 0 Å². The van der Waals surface area contributed by atoms with Crippen LogP contribution in [0.15, 0.2) is 0 Å². The van der Waals surface area contributed by atoms with Crippen molar-refractivity contribution < 1.29 is 1.43 Å². The highest BCUT2D eigenvalue weighted by Crippen LogP contribution is 2.25. The van der Waals surface area contributed by atoms with E-state index in [1.807, 2.05) is 13.8 Å². The standard InChI is InChI=1S/C7H15N.C2H6.H2/c1-2-6-4-3-5-7(6)8;1-2;/h6-7H,2-5,8H2,1H3;1-2H3;1H/t6-,7-;;/m1../s1. The third-order valence-electron chi connectivity index (χ3n) is 2.24. The molecule has 0 radical (unpaired) electrons. The highest BCUT2D eigenvalue weighted by Gasteiger charge is 2.21. The molecule has 1 aliphatic rings. The largest absolute Gasteiger partial charge is 0.327 e. The third kappa shape index (κ3) is 2.70. The molecule has 0 bridgehead atoms. The van der Waals surface area contributed by atoms with Crippen molar-refractivity contribution in [3.63, 3.8) is 0 Å². The summed E-state index contributed by atoms with van der Waals surface area (Å²) in [5.41, 5.74) is 5.79. The molecule has 1 aliphatic carbocycles. The summed E-state index contributed by atoms with van der Waals surface area (Å²) < 4.78 is 0. The Morgan fingerprint density at radius 3 is 2.20 bits per heavy atom. The van der Waals surface area contributed by atoms with Crippen molar-refractivity contribution in [2.75, 3.05) is 0 Å². The first kappa shape index (κ1) is 9.96. The molecule has 0 aromatic heterocycles. The van der Waals surface area contributed by atoms with Crippen LogP contribution in [0.25, 0.3) is 0 Å². The van der Waals surface area contributed by atoms with Gasteiger partial charge in [0.15, 0.2) is 0 Å². The Hall–Kier alpha value is -0.0400. The Bertz CT molecular complexity index is 76.0. The molecule has 1 heteroatoms. The number of hydrogen-bond donors (Lipinski definition) is 1. The highest BCUT2D eigenvalue weighted by atomic mass is 14.7. The van der Waals surface area contributed by atoms with Crippen LogP contribution >= 0.6 is 0 Å². The molecule has 1 saturated carbocycles. The Morgan fingerprint density at radius 1 is 1.40 bits per heavy atom. The van der Waals surface area contributed by atoms with E-state index in [-0.39, 0.29) is 1.43 Å². The molecule has 10 heavy (non-hydrogen) atoms. The van der Waals surface area contributed by atoms with Crippen molar-refractivity contribution in [2.24, 2.45) is 11.7 Å². The van der Waals surface area contributed by atoms with Crippen molar-refractivity contribution in [3.8, 4) is 0 Å². The Balaban J connectivity index is 0. The van der Waals surface area contributed by atoms with Crippen LogP contribution in [0.3, 0.4) is 0 Å². The summed E-state index contributed by atoms with van der Waals surface area (Å²) in [5.74, 6) is 0.843. The van der Waals surface area contributed by atoms with Crippen LogP contribution in [0.4, 0.5) is 0 Å². The van der Waals surface area contributed by atoms with Crippen LogP contribution in [0.5, 0.6) is 0 Å². The number of hydrogen-bond acceptors (Lipinski definition) is 1. The number of rotatable bonds is 1. The summed E-state index contributed by atoms with van der Waals surface area (Å²) in [6.45, 7) is 6.23. The summed E-state index contributed by atoms with van der Waals surface area (Å²) in [6, 6.07) is 0.528. The van der Waals surface area contributed by atoms with Crippen molar-refractivity contribution in [3.05, 3.63) is 0 Å². The van der Waals surface area contributed by atoms with Crippen molar-refractivity contribution >= 4 is 0 Å². The topological polar surface area (TPSA) is 26.0 Å². The van der Waals surface area contributed by atoms with E-state index in [0.717, 1.165) is 5.92 Å². The minimum Gasteiger partial charge on any atom is -0.327 e. The molecule has 1 nitrogen and oxygen atoms in total. The predicted octanol–water partition coefficient (Wildman–Crippen LogP) is 2.80. The van der Waals surface area contributed by atoms with Gasteiger partial charge in [-0.05, 0) is 18.8 Å². The van der Waals surface area contributed by atoms with Gasteiger partial charge >= 0.3 is 0 Å². The lowest BCUT2D eigenvalue weighted by molar-refractivity contribution is 0.467. The van der Waals surface area contributed by atoms with Crippen LogP contribution in [-0.2, 0) is 0 Å².